The topological polar surface area (TPSA) is 49.8 Å². The average molecular weight is 261 g/mol. The maximum Gasteiger partial charge on any atom is 0.250 e. The number of nitrogens with zero attached hydrogens (tertiary/aromatic N) is 1. The smallest absolute Gasteiger partial charge is 0.250 e. The van der Waals surface area contributed by atoms with Gasteiger partial charge in [0.25, 0.3) is 5.91 Å². The van der Waals surface area contributed by atoms with E-state index in [0.29, 0.717) is 6.42 Å². The van der Waals surface area contributed by atoms with E-state index in [1.54, 1.807) is 7.11 Å². The summed E-state index contributed by atoms with van der Waals surface area (Å²) < 4.78 is 5.20. The summed E-state index contributed by atoms with van der Waals surface area (Å²) in [5, 5.41) is 10.8. The number of hydrogen-bond acceptors (Lipinski definition) is 3. The second-order valence-corrected chi connectivity index (χ2v) is 4.70. The van der Waals surface area contributed by atoms with Crippen LogP contribution in [0.4, 0.5) is 0 Å². The molecule has 0 fully saturated rings. The van der Waals surface area contributed by atoms with Gasteiger partial charge in [0.1, 0.15) is 0 Å². The summed E-state index contributed by atoms with van der Waals surface area (Å²) in [6, 6.07) is 9.18. The highest BCUT2D eigenvalue weighted by atomic mass is 16.5. The summed E-state index contributed by atoms with van der Waals surface area (Å²) in [5.41, 5.74) is 0.904. The van der Waals surface area contributed by atoms with Crippen LogP contribution >= 0.6 is 0 Å². The predicted octanol–water partition coefficient (Wildman–Crippen LogP) is 2.18. The molecule has 4 heteroatoms. The predicted molar refractivity (Wildman–Crippen MR) is 71.7 cm³/mol. The van der Waals surface area contributed by atoms with E-state index in [9.17, 15) is 10.0 Å². The van der Waals surface area contributed by atoms with Crippen molar-refractivity contribution in [2.75, 3.05) is 7.11 Å². The SMILES string of the molecule is CO[C@H]1C=C[C@H](N(O)C(=O)Cc2ccccc2)CC1. The second-order valence-electron chi connectivity index (χ2n) is 4.70. The second kappa shape index (κ2) is 6.50. The van der Waals surface area contributed by atoms with Crippen molar-refractivity contribution < 1.29 is 14.7 Å². The molecule has 0 radical (unpaired) electrons. The summed E-state index contributed by atoms with van der Waals surface area (Å²) in [6.45, 7) is 0. The molecule has 1 aromatic carbocycles. The Morgan fingerprint density at radius 2 is 2.05 bits per heavy atom. The van der Waals surface area contributed by atoms with Gasteiger partial charge >= 0.3 is 0 Å². The van der Waals surface area contributed by atoms with Gasteiger partial charge in [-0.1, -0.05) is 42.5 Å². The Bertz CT molecular complexity index is 444. The molecule has 1 aliphatic carbocycles. The van der Waals surface area contributed by atoms with Gasteiger partial charge in [-0.15, -0.1) is 0 Å². The third-order valence-electron chi connectivity index (χ3n) is 3.37. The molecule has 0 aliphatic heterocycles. The molecule has 0 spiro atoms. The van der Waals surface area contributed by atoms with Gasteiger partial charge in [-0.25, -0.2) is 5.06 Å². The number of hydroxylamine groups is 2. The van der Waals surface area contributed by atoms with Crippen LogP contribution in [0, 0.1) is 0 Å². The first-order valence-electron chi connectivity index (χ1n) is 6.46. The van der Waals surface area contributed by atoms with E-state index in [1.807, 2.05) is 42.5 Å². The quantitative estimate of drug-likeness (QED) is 0.513. The van der Waals surface area contributed by atoms with Crippen LogP contribution in [0.1, 0.15) is 18.4 Å². The van der Waals surface area contributed by atoms with Crippen molar-refractivity contribution in [1.82, 2.24) is 5.06 Å². The Morgan fingerprint density at radius 3 is 2.63 bits per heavy atom. The lowest BCUT2D eigenvalue weighted by atomic mass is 10.00. The van der Waals surface area contributed by atoms with Crippen LogP contribution < -0.4 is 0 Å². The molecule has 1 amide bonds. The number of hydrogen-bond donors (Lipinski definition) is 1. The summed E-state index contributed by atoms with van der Waals surface area (Å²) >= 11 is 0. The average Bonchev–Trinajstić information content (AvgIpc) is 2.47. The molecule has 2 rings (SSSR count). The summed E-state index contributed by atoms with van der Waals surface area (Å²) in [7, 11) is 1.66. The van der Waals surface area contributed by atoms with Crippen molar-refractivity contribution in [2.24, 2.45) is 0 Å². The van der Waals surface area contributed by atoms with E-state index in [2.05, 4.69) is 0 Å². The maximum absolute atomic E-state index is 12.0. The molecule has 2 atom stereocenters. The van der Waals surface area contributed by atoms with Crippen molar-refractivity contribution in [3.8, 4) is 0 Å². The number of amides is 1. The largest absolute Gasteiger partial charge is 0.377 e. The summed E-state index contributed by atoms with van der Waals surface area (Å²) in [6.07, 6.45) is 5.57. The number of benzene rings is 1. The monoisotopic (exact) mass is 261 g/mol. The maximum atomic E-state index is 12.0. The fourth-order valence-electron chi connectivity index (χ4n) is 2.22. The minimum absolute atomic E-state index is 0.0916. The van der Waals surface area contributed by atoms with Crippen LogP contribution in [0.25, 0.3) is 0 Å². The Hall–Kier alpha value is -1.65. The fourth-order valence-corrected chi connectivity index (χ4v) is 2.22. The Morgan fingerprint density at radius 1 is 1.32 bits per heavy atom. The summed E-state index contributed by atoms with van der Waals surface area (Å²) in [5.74, 6) is -0.281. The lowest BCUT2D eigenvalue weighted by Crippen LogP contribution is -2.39. The zero-order valence-electron chi connectivity index (χ0n) is 11.0. The number of methoxy groups -OCH3 is 1. The third-order valence-corrected chi connectivity index (χ3v) is 3.37. The molecular formula is C15H19NO3. The highest BCUT2D eigenvalue weighted by Gasteiger charge is 2.24. The minimum Gasteiger partial charge on any atom is -0.377 e. The Labute approximate surface area is 113 Å². The van der Waals surface area contributed by atoms with Crippen molar-refractivity contribution in [3.05, 3.63) is 48.0 Å². The van der Waals surface area contributed by atoms with Crippen molar-refractivity contribution >= 4 is 5.91 Å². The molecule has 0 bridgehead atoms. The first-order chi connectivity index (χ1) is 9.20. The molecule has 0 saturated carbocycles. The van der Waals surface area contributed by atoms with Gasteiger partial charge in [-0.3, -0.25) is 10.0 Å². The minimum atomic E-state index is -0.281. The molecule has 0 heterocycles. The normalized spacial score (nSPS) is 22.2. The van der Waals surface area contributed by atoms with Crippen molar-refractivity contribution in [2.45, 2.75) is 31.4 Å². The molecule has 1 N–H and O–H groups in total. The van der Waals surface area contributed by atoms with Gasteiger partial charge in [-0.2, -0.15) is 0 Å². The van der Waals surface area contributed by atoms with Gasteiger partial charge in [0.05, 0.1) is 18.6 Å². The van der Waals surface area contributed by atoms with Gasteiger partial charge in [0.2, 0.25) is 0 Å². The van der Waals surface area contributed by atoms with Crippen molar-refractivity contribution in [3.63, 3.8) is 0 Å². The number of ether oxygens (including phenoxy) is 1. The van der Waals surface area contributed by atoms with Gasteiger partial charge < -0.3 is 4.74 Å². The molecule has 102 valence electrons. The Kier molecular flexibility index (Phi) is 4.71. The first kappa shape index (κ1) is 13.8. The molecule has 1 aromatic rings. The number of carbonyl (C=O) groups excluding carboxylic acids is 1. The van der Waals surface area contributed by atoms with Gasteiger partial charge in [-0.05, 0) is 18.4 Å². The van der Waals surface area contributed by atoms with E-state index in [0.717, 1.165) is 17.0 Å². The molecule has 1 aliphatic rings. The highest BCUT2D eigenvalue weighted by Crippen LogP contribution is 2.18. The van der Waals surface area contributed by atoms with E-state index in [4.69, 9.17) is 4.74 Å². The Balaban J connectivity index is 1.93. The number of carbonyl (C=O) groups is 1. The zero-order chi connectivity index (χ0) is 13.7. The van der Waals surface area contributed by atoms with Crippen LogP contribution in [0.15, 0.2) is 42.5 Å². The molecule has 19 heavy (non-hydrogen) atoms. The van der Waals surface area contributed by atoms with Crippen LogP contribution in [0.3, 0.4) is 0 Å². The van der Waals surface area contributed by atoms with Gasteiger partial charge in [0.15, 0.2) is 0 Å². The van der Waals surface area contributed by atoms with Gasteiger partial charge in [0, 0.05) is 7.11 Å². The van der Waals surface area contributed by atoms with Crippen LogP contribution in [-0.2, 0) is 16.0 Å². The zero-order valence-corrected chi connectivity index (χ0v) is 11.0. The van der Waals surface area contributed by atoms with E-state index in [-0.39, 0.29) is 24.5 Å². The lowest BCUT2D eigenvalue weighted by Gasteiger charge is -2.28. The number of rotatable bonds is 4. The molecule has 0 aromatic heterocycles. The van der Waals surface area contributed by atoms with Crippen LogP contribution in [-0.4, -0.2) is 35.4 Å². The lowest BCUT2D eigenvalue weighted by molar-refractivity contribution is -0.172. The third kappa shape index (κ3) is 3.66. The van der Waals surface area contributed by atoms with Crippen molar-refractivity contribution in [1.29, 1.82) is 0 Å². The first-order valence-corrected chi connectivity index (χ1v) is 6.46. The fraction of sp³-hybridized carbons (Fsp3) is 0.400. The molecule has 4 nitrogen and oxygen atoms in total. The van der Waals surface area contributed by atoms with Crippen LogP contribution in [0.2, 0.25) is 0 Å². The van der Waals surface area contributed by atoms with Crippen LogP contribution in [0.5, 0.6) is 0 Å². The highest BCUT2D eigenvalue weighted by molar-refractivity contribution is 5.78. The van der Waals surface area contributed by atoms with E-state index in [1.165, 1.54) is 0 Å². The molecule has 0 saturated heterocycles. The standard InChI is InChI=1S/C15H19NO3/c1-19-14-9-7-13(8-10-14)16(18)15(17)11-12-5-3-2-4-6-12/h2-7,9,13-14,18H,8,10-11H2,1H3/t13-,14-/m0/s1. The van der Waals surface area contributed by atoms with E-state index < -0.39 is 0 Å². The molecule has 0 unspecified atom stereocenters. The molecular weight excluding hydrogens is 242 g/mol. The van der Waals surface area contributed by atoms with E-state index >= 15 is 0 Å². The summed E-state index contributed by atoms with van der Waals surface area (Å²) in [4.78, 5) is 12.0.